The van der Waals surface area contributed by atoms with Gasteiger partial charge in [0, 0.05) is 34.8 Å². The highest BCUT2D eigenvalue weighted by molar-refractivity contribution is 5.99. The average molecular weight is 540 g/mol. The van der Waals surface area contributed by atoms with E-state index in [9.17, 15) is 18.0 Å². The van der Waals surface area contributed by atoms with Crippen molar-refractivity contribution in [3.8, 4) is 28.5 Å². The van der Waals surface area contributed by atoms with Crippen LogP contribution in [0.25, 0.3) is 11.3 Å². The summed E-state index contributed by atoms with van der Waals surface area (Å²) in [6.45, 7) is 0. The van der Waals surface area contributed by atoms with Gasteiger partial charge in [0.2, 0.25) is 5.75 Å². The van der Waals surface area contributed by atoms with Crippen molar-refractivity contribution in [3.05, 3.63) is 78.6 Å². The van der Waals surface area contributed by atoms with Crippen molar-refractivity contribution in [2.75, 3.05) is 37.3 Å². The van der Waals surface area contributed by atoms with Crippen LogP contribution in [-0.4, -0.2) is 37.3 Å². The number of carbonyl (C=O) groups excluding carboxylic acids is 1. The molecule has 0 aliphatic rings. The zero-order valence-electron chi connectivity index (χ0n) is 21.1. The Morgan fingerprint density at radius 3 is 1.85 bits per heavy atom. The van der Waals surface area contributed by atoms with Gasteiger partial charge in [-0.2, -0.15) is 13.2 Å². The van der Waals surface area contributed by atoms with Crippen LogP contribution in [0.15, 0.2) is 73.1 Å². The maximum atomic E-state index is 12.7. The smallest absolute Gasteiger partial charge is 0.416 e. The zero-order valence-corrected chi connectivity index (χ0v) is 21.1. The van der Waals surface area contributed by atoms with Crippen molar-refractivity contribution in [1.29, 1.82) is 0 Å². The van der Waals surface area contributed by atoms with Crippen LogP contribution in [-0.2, 0) is 6.18 Å². The first-order chi connectivity index (χ1) is 18.7. The van der Waals surface area contributed by atoms with Gasteiger partial charge in [0.05, 0.1) is 45.0 Å². The minimum Gasteiger partial charge on any atom is -0.493 e. The highest BCUT2D eigenvalue weighted by Crippen LogP contribution is 2.40. The number of rotatable bonds is 8. The van der Waals surface area contributed by atoms with Crippen LogP contribution in [0, 0.1) is 0 Å². The van der Waals surface area contributed by atoms with Gasteiger partial charge in [-0.3, -0.25) is 4.98 Å². The van der Waals surface area contributed by atoms with Crippen molar-refractivity contribution in [3.63, 3.8) is 0 Å². The lowest BCUT2D eigenvalue weighted by molar-refractivity contribution is -0.137. The summed E-state index contributed by atoms with van der Waals surface area (Å²) in [5, 5.41) is 8.30. The van der Waals surface area contributed by atoms with E-state index >= 15 is 0 Å². The van der Waals surface area contributed by atoms with Gasteiger partial charge in [0.1, 0.15) is 5.82 Å². The van der Waals surface area contributed by atoms with Crippen LogP contribution < -0.4 is 30.2 Å². The SMILES string of the molecule is COc1cc(Nc2cncc(-c3ccc(NC(=O)Nc4ccc(C(F)(F)F)cc4)cc3)n2)cc(OC)c1OC. The number of nitrogens with one attached hydrogen (secondary N) is 3. The molecule has 4 rings (SSSR count). The number of anilines is 4. The number of hydrogen-bond donors (Lipinski definition) is 3. The quantitative estimate of drug-likeness (QED) is 0.232. The summed E-state index contributed by atoms with van der Waals surface area (Å²) in [6.07, 6.45) is -1.28. The van der Waals surface area contributed by atoms with Gasteiger partial charge < -0.3 is 30.2 Å². The molecule has 0 atom stereocenters. The highest BCUT2D eigenvalue weighted by Gasteiger charge is 2.30. The molecule has 12 heteroatoms. The molecule has 0 unspecified atom stereocenters. The van der Waals surface area contributed by atoms with Crippen molar-refractivity contribution < 1.29 is 32.2 Å². The number of aromatic nitrogens is 2. The van der Waals surface area contributed by atoms with Crippen LogP contribution in [0.4, 0.5) is 40.8 Å². The standard InChI is InChI=1S/C27H24F3N5O4/c1-37-22-12-20(13-23(38-2)25(22)39-3)32-24-15-31-14-21(35-24)16-4-8-18(9-5-16)33-26(36)34-19-10-6-17(7-11-19)27(28,29)30/h4-15H,1-3H3,(H,32,35)(H2,33,34,36). The fourth-order valence-electron chi connectivity index (χ4n) is 3.63. The lowest BCUT2D eigenvalue weighted by Gasteiger charge is -2.15. The van der Waals surface area contributed by atoms with Gasteiger partial charge in [-0.05, 0) is 36.4 Å². The fraction of sp³-hybridized carbons (Fsp3) is 0.148. The van der Waals surface area contributed by atoms with E-state index in [1.54, 1.807) is 48.8 Å². The Balaban J connectivity index is 1.42. The number of methoxy groups -OCH3 is 3. The Morgan fingerprint density at radius 1 is 0.769 bits per heavy atom. The minimum absolute atomic E-state index is 0.226. The summed E-state index contributed by atoms with van der Waals surface area (Å²) in [7, 11) is 4.58. The molecular formula is C27H24F3N5O4. The van der Waals surface area contributed by atoms with Crippen molar-refractivity contribution in [1.82, 2.24) is 9.97 Å². The van der Waals surface area contributed by atoms with Crippen molar-refractivity contribution in [2.45, 2.75) is 6.18 Å². The van der Waals surface area contributed by atoms with E-state index in [0.717, 1.165) is 17.7 Å². The maximum Gasteiger partial charge on any atom is 0.416 e. The van der Waals surface area contributed by atoms with Gasteiger partial charge in [-0.1, -0.05) is 12.1 Å². The molecule has 1 heterocycles. The number of urea groups is 1. The summed E-state index contributed by atoms with van der Waals surface area (Å²) >= 11 is 0. The second-order valence-corrected chi connectivity index (χ2v) is 8.06. The third-order valence-corrected chi connectivity index (χ3v) is 5.48. The van der Waals surface area contributed by atoms with E-state index in [4.69, 9.17) is 14.2 Å². The number of nitrogens with zero attached hydrogens (tertiary/aromatic N) is 2. The first kappa shape index (κ1) is 27.0. The number of alkyl halides is 3. The number of amides is 2. The van der Waals surface area contributed by atoms with Gasteiger partial charge in [0.15, 0.2) is 11.5 Å². The molecule has 0 aliphatic carbocycles. The number of hydrogen-bond acceptors (Lipinski definition) is 7. The molecule has 39 heavy (non-hydrogen) atoms. The van der Waals surface area contributed by atoms with Gasteiger partial charge in [0.25, 0.3) is 0 Å². The molecule has 0 aliphatic heterocycles. The summed E-state index contributed by atoms with van der Waals surface area (Å²) in [5.74, 6) is 1.90. The molecule has 2 amide bonds. The van der Waals surface area contributed by atoms with Gasteiger partial charge in [-0.15, -0.1) is 0 Å². The topological polar surface area (TPSA) is 107 Å². The Morgan fingerprint density at radius 2 is 1.33 bits per heavy atom. The normalized spacial score (nSPS) is 10.9. The summed E-state index contributed by atoms with van der Waals surface area (Å²) in [5.41, 5.74) is 1.87. The van der Waals surface area contributed by atoms with Crippen molar-refractivity contribution >= 4 is 28.9 Å². The van der Waals surface area contributed by atoms with E-state index in [0.29, 0.717) is 40.1 Å². The Labute approximate surface area is 222 Å². The molecule has 4 aromatic rings. The molecule has 202 valence electrons. The molecule has 0 bridgehead atoms. The predicted octanol–water partition coefficient (Wildman–Crippen LogP) is 6.58. The van der Waals surface area contributed by atoms with E-state index in [1.165, 1.54) is 33.5 Å². The fourth-order valence-corrected chi connectivity index (χ4v) is 3.63. The number of ether oxygens (including phenoxy) is 3. The maximum absolute atomic E-state index is 12.7. The first-order valence-electron chi connectivity index (χ1n) is 11.4. The Kier molecular flexibility index (Phi) is 8.04. The Bertz CT molecular complexity index is 1420. The van der Waals surface area contributed by atoms with Crippen LogP contribution in [0.1, 0.15) is 5.56 Å². The van der Waals surface area contributed by atoms with Crippen molar-refractivity contribution in [2.24, 2.45) is 0 Å². The molecular weight excluding hydrogens is 515 g/mol. The molecule has 0 spiro atoms. The molecule has 1 aromatic heterocycles. The lowest BCUT2D eigenvalue weighted by Crippen LogP contribution is -2.19. The second-order valence-electron chi connectivity index (χ2n) is 8.06. The largest absolute Gasteiger partial charge is 0.493 e. The Hall–Kier alpha value is -5.00. The van der Waals surface area contributed by atoms with E-state index in [1.807, 2.05) is 0 Å². The monoisotopic (exact) mass is 539 g/mol. The summed E-state index contributed by atoms with van der Waals surface area (Å²) < 4.78 is 54.2. The van der Waals surface area contributed by atoms with Crippen LogP contribution >= 0.6 is 0 Å². The molecule has 9 nitrogen and oxygen atoms in total. The van der Waals surface area contributed by atoms with Crippen LogP contribution in [0.3, 0.4) is 0 Å². The lowest BCUT2D eigenvalue weighted by atomic mass is 10.1. The molecule has 0 saturated carbocycles. The number of benzene rings is 3. The molecule has 0 saturated heterocycles. The van der Waals surface area contributed by atoms with Crippen LogP contribution in [0.5, 0.6) is 17.2 Å². The van der Waals surface area contributed by atoms with E-state index in [-0.39, 0.29) is 5.69 Å². The summed E-state index contributed by atoms with van der Waals surface area (Å²) in [6, 6.07) is 13.9. The minimum atomic E-state index is -4.45. The van der Waals surface area contributed by atoms with E-state index in [2.05, 4.69) is 25.9 Å². The van der Waals surface area contributed by atoms with Crippen LogP contribution in [0.2, 0.25) is 0 Å². The second kappa shape index (κ2) is 11.6. The average Bonchev–Trinajstić information content (AvgIpc) is 2.92. The van der Waals surface area contributed by atoms with E-state index < -0.39 is 17.8 Å². The molecule has 3 N–H and O–H groups in total. The highest BCUT2D eigenvalue weighted by atomic mass is 19.4. The predicted molar refractivity (Wildman–Crippen MR) is 141 cm³/mol. The van der Waals surface area contributed by atoms with Gasteiger partial charge in [-0.25, -0.2) is 9.78 Å². The third-order valence-electron chi connectivity index (χ3n) is 5.48. The first-order valence-corrected chi connectivity index (χ1v) is 11.4. The van der Waals surface area contributed by atoms with Gasteiger partial charge >= 0.3 is 12.2 Å². The summed E-state index contributed by atoms with van der Waals surface area (Å²) in [4.78, 5) is 21.1. The number of halogens is 3. The molecule has 0 radical (unpaired) electrons. The molecule has 3 aromatic carbocycles. The molecule has 0 fully saturated rings. The number of carbonyl (C=O) groups is 1. The third kappa shape index (κ3) is 6.66. The zero-order chi connectivity index (χ0) is 28.0.